The van der Waals surface area contributed by atoms with Crippen molar-refractivity contribution in [1.82, 2.24) is 25.3 Å². The fraction of sp³-hybridized carbons (Fsp3) is 0.407. The lowest BCUT2D eigenvalue weighted by Gasteiger charge is -2.53. The monoisotopic (exact) mass is 473 g/mol. The Morgan fingerprint density at radius 1 is 1.09 bits per heavy atom. The topological polar surface area (TPSA) is 92.8 Å². The maximum atomic E-state index is 14.7. The molecule has 180 valence electrons. The van der Waals surface area contributed by atoms with Crippen molar-refractivity contribution in [3.63, 3.8) is 0 Å². The molecule has 0 atom stereocenters. The summed E-state index contributed by atoms with van der Waals surface area (Å²) < 4.78 is 21.1. The normalized spacial score (nSPS) is 23.8. The summed E-state index contributed by atoms with van der Waals surface area (Å²) in [5.74, 6) is -0.303. The Bertz CT molecular complexity index is 1450. The summed E-state index contributed by atoms with van der Waals surface area (Å²) >= 11 is 0. The van der Waals surface area contributed by atoms with Gasteiger partial charge in [0.05, 0.1) is 40.5 Å². The summed E-state index contributed by atoms with van der Waals surface area (Å²) in [5, 5.41) is 3.59. The number of ether oxygens (including phenoxy) is 1. The zero-order valence-corrected chi connectivity index (χ0v) is 19.7. The van der Waals surface area contributed by atoms with Gasteiger partial charge < -0.3 is 15.0 Å². The molecule has 0 amide bonds. The van der Waals surface area contributed by atoms with Gasteiger partial charge in [-0.1, -0.05) is 12.1 Å². The number of fused-ring (bicyclic) bond motifs is 5. The number of nitrogens with zero attached hydrogens (tertiary/aromatic N) is 3. The first-order valence-corrected chi connectivity index (χ1v) is 12.2. The minimum absolute atomic E-state index is 0.158. The third-order valence-corrected chi connectivity index (χ3v) is 7.81. The van der Waals surface area contributed by atoms with Crippen molar-refractivity contribution in [2.24, 2.45) is 0 Å². The largest absolute Gasteiger partial charge is 0.373 e. The molecule has 0 unspecified atom stereocenters. The summed E-state index contributed by atoms with van der Waals surface area (Å²) in [4.78, 5) is 28.7. The van der Waals surface area contributed by atoms with Crippen molar-refractivity contribution in [3.8, 4) is 0 Å². The molecule has 2 saturated heterocycles. The number of hydrogen-bond donors (Lipinski definition) is 2. The van der Waals surface area contributed by atoms with E-state index in [-0.39, 0.29) is 22.5 Å². The molecule has 7 rings (SSSR count). The Hall–Kier alpha value is -3.23. The molecule has 3 aliphatic rings. The first kappa shape index (κ1) is 22.2. The molecular weight excluding hydrogens is 445 g/mol. The predicted molar refractivity (Wildman–Crippen MR) is 132 cm³/mol. The van der Waals surface area contributed by atoms with E-state index in [2.05, 4.69) is 25.3 Å². The highest BCUT2D eigenvalue weighted by Crippen LogP contribution is 2.46. The lowest BCUT2D eigenvalue weighted by atomic mass is 9.69. The van der Waals surface area contributed by atoms with Crippen molar-refractivity contribution >= 4 is 22.1 Å². The van der Waals surface area contributed by atoms with Gasteiger partial charge in [0.25, 0.3) is 5.56 Å². The summed E-state index contributed by atoms with van der Waals surface area (Å²) in [7, 11) is 0. The average Bonchev–Trinajstić information content (AvgIpc) is 2.88. The molecule has 0 radical (unpaired) electrons. The van der Waals surface area contributed by atoms with Crippen molar-refractivity contribution in [2.45, 2.75) is 63.1 Å². The highest BCUT2D eigenvalue weighted by atomic mass is 19.1. The van der Waals surface area contributed by atoms with E-state index in [1.54, 1.807) is 0 Å². The van der Waals surface area contributed by atoms with Gasteiger partial charge in [0, 0.05) is 23.3 Å². The average molecular weight is 474 g/mol. The van der Waals surface area contributed by atoms with E-state index in [0.717, 1.165) is 54.3 Å². The molecule has 3 aromatic heterocycles. The number of aromatic nitrogens is 4. The molecule has 1 aliphatic carbocycles. The molecule has 1 aromatic carbocycles. The third-order valence-electron chi connectivity index (χ3n) is 7.81. The maximum Gasteiger partial charge on any atom is 0.271 e. The molecular formula is C27H28FN5O2. The Morgan fingerprint density at radius 3 is 2.71 bits per heavy atom. The van der Waals surface area contributed by atoms with Crippen LogP contribution in [0.1, 0.15) is 49.1 Å². The van der Waals surface area contributed by atoms with Gasteiger partial charge in [-0.15, -0.1) is 0 Å². The summed E-state index contributed by atoms with van der Waals surface area (Å²) in [6.45, 7) is 2.89. The minimum atomic E-state index is -0.303. The molecule has 2 bridgehead atoms. The van der Waals surface area contributed by atoms with E-state index in [0.29, 0.717) is 36.3 Å². The van der Waals surface area contributed by atoms with Gasteiger partial charge in [-0.3, -0.25) is 14.8 Å². The molecule has 2 N–H and O–H groups in total. The van der Waals surface area contributed by atoms with Crippen LogP contribution in [0.4, 0.5) is 4.39 Å². The molecule has 35 heavy (non-hydrogen) atoms. The van der Waals surface area contributed by atoms with Crippen LogP contribution in [0.5, 0.6) is 0 Å². The van der Waals surface area contributed by atoms with Crippen molar-refractivity contribution in [3.05, 3.63) is 75.7 Å². The minimum Gasteiger partial charge on any atom is -0.373 e. The van der Waals surface area contributed by atoms with Crippen LogP contribution < -0.4 is 10.9 Å². The Morgan fingerprint density at radius 2 is 1.91 bits per heavy atom. The molecule has 2 aliphatic heterocycles. The third kappa shape index (κ3) is 4.10. The van der Waals surface area contributed by atoms with Crippen LogP contribution in [0.25, 0.3) is 22.1 Å². The first-order chi connectivity index (χ1) is 16.9. The molecule has 7 nitrogen and oxygen atoms in total. The smallest absolute Gasteiger partial charge is 0.271 e. The van der Waals surface area contributed by atoms with Crippen LogP contribution in [0, 0.1) is 12.7 Å². The second-order valence-electron chi connectivity index (χ2n) is 10.0. The molecule has 0 spiro atoms. The van der Waals surface area contributed by atoms with Crippen LogP contribution in [-0.2, 0) is 17.7 Å². The van der Waals surface area contributed by atoms with Crippen LogP contribution in [-0.4, -0.2) is 37.7 Å². The van der Waals surface area contributed by atoms with Crippen LogP contribution >= 0.6 is 0 Å². The van der Waals surface area contributed by atoms with E-state index in [1.165, 1.54) is 6.20 Å². The SMILES string of the molecule is Cc1ccc2ncc(F)c(CCC34CCC(NCc5nc6ccccc6[nH]c5=O)(CC3)CO4)c2n1. The van der Waals surface area contributed by atoms with E-state index in [9.17, 15) is 9.18 Å². The van der Waals surface area contributed by atoms with Gasteiger partial charge in [0.2, 0.25) is 0 Å². The fourth-order valence-electron chi connectivity index (χ4n) is 5.56. The number of pyridine rings is 2. The number of benzene rings is 1. The highest BCUT2D eigenvalue weighted by molar-refractivity contribution is 5.78. The Labute approximate surface area is 202 Å². The number of rotatable bonds is 6. The van der Waals surface area contributed by atoms with Gasteiger partial charge in [-0.25, -0.2) is 9.37 Å². The highest BCUT2D eigenvalue weighted by Gasteiger charge is 2.49. The van der Waals surface area contributed by atoms with Gasteiger partial charge in [-0.05, 0) is 69.7 Å². The van der Waals surface area contributed by atoms with Crippen LogP contribution in [0.3, 0.4) is 0 Å². The number of halogens is 1. The number of nitrogens with one attached hydrogen (secondary N) is 2. The second-order valence-corrected chi connectivity index (χ2v) is 10.0. The predicted octanol–water partition coefficient (Wildman–Crippen LogP) is 4.12. The lowest BCUT2D eigenvalue weighted by molar-refractivity contribution is -0.165. The molecule has 8 heteroatoms. The van der Waals surface area contributed by atoms with E-state index >= 15 is 0 Å². The Kier molecular flexibility index (Phi) is 5.38. The van der Waals surface area contributed by atoms with Crippen molar-refractivity contribution < 1.29 is 9.13 Å². The van der Waals surface area contributed by atoms with E-state index < -0.39 is 0 Å². The van der Waals surface area contributed by atoms with Crippen LogP contribution in [0.2, 0.25) is 0 Å². The molecule has 5 heterocycles. The number of H-pyrrole nitrogens is 1. The number of aromatic amines is 1. The van der Waals surface area contributed by atoms with Gasteiger partial charge in [0.15, 0.2) is 0 Å². The maximum absolute atomic E-state index is 14.7. The summed E-state index contributed by atoms with van der Waals surface area (Å²) in [5.41, 5.74) is 4.30. The van der Waals surface area contributed by atoms with E-state index in [4.69, 9.17) is 4.74 Å². The standard InChI is InChI=1S/C27H28FN5O2/c1-17-6-7-22-24(31-17)18(19(28)14-29-22)8-9-27-12-10-26(11-13-27,16-35-27)30-15-23-25(34)33-21-5-3-2-4-20(21)32-23/h2-7,14,30H,8-13,15-16H2,1H3,(H,33,34). The lowest BCUT2D eigenvalue weighted by Crippen LogP contribution is -2.61. The molecule has 3 fully saturated rings. The zero-order chi connectivity index (χ0) is 24.0. The second kappa shape index (κ2) is 8.46. The summed E-state index contributed by atoms with van der Waals surface area (Å²) in [6, 6.07) is 11.3. The number of hydrogen-bond acceptors (Lipinski definition) is 6. The Balaban J connectivity index is 1.13. The quantitative estimate of drug-likeness (QED) is 0.438. The van der Waals surface area contributed by atoms with Gasteiger partial charge in [0.1, 0.15) is 11.5 Å². The van der Waals surface area contributed by atoms with Crippen LogP contribution in [0.15, 0.2) is 47.4 Å². The van der Waals surface area contributed by atoms with Crippen molar-refractivity contribution in [2.75, 3.05) is 6.61 Å². The molecule has 4 aromatic rings. The zero-order valence-electron chi connectivity index (χ0n) is 19.7. The fourth-order valence-corrected chi connectivity index (χ4v) is 5.56. The number of para-hydroxylation sites is 2. The van der Waals surface area contributed by atoms with Crippen molar-refractivity contribution in [1.29, 1.82) is 0 Å². The van der Waals surface area contributed by atoms with Gasteiger partial charge >= 0.3 is 0 Å². The van der Waals surface area contributed by atoms with E-state index in [1.807, 2.05) is 43.3 Å². The first-order valence-electron chi connectivity index (χ1n) is 12.2. The summed E-state index contributed by atoms with van der Waals surface area (Å²) in [6.07, 6.45) is 6.33. The number of aryl methyl sites for hydroxylation is 2. The molecule has 1 saturated carbocycles. The van der Waals surface area contributed by atoms with Gasteiger partial charge in [-0.2, -0.15) is 0 Å².